The van der Waals surface area contributed by atoms with Crippen LogP contribution < -0.4 is 0 Å². The van der Waals surface area contributed by atoms with Gasteiger partial charge in [-0.15, -0.1) is 0 Å². The van der Waals surface area contributed by atoms with Gasteiger partial charge in [0.15, 0.2) is 17.5 Å². The molecule has 4 nitrogen and oxygen atoms in total. The Kier molecular flexibility index (Phi) is 7.35. The van der Waals surface area contributed by atoms with E-state index in [1.165, 1.54) is 77.5 Å². The highest BCUT2D eigenvalue weighted by molar-refractivity contribution is 6.09. The molecule has 0 radical (unpaired) electrons. The van der Waals surface area contributed by atoms with E-state index < -0.39 is 5.41 Å². The van der Waals surface area contributed by atoms with Crippen LogP contribution in [0, 0.1) is 0 Å². The van der Waals surface area contributed by atoms with Crippen molar-refractivity contribution < 1.29 is 0 Å². The Morgan fingerprint density at radius 1 is 0.338 bits per heavy atom. The first-order chi connectivity index (χ1) is 32.0. The fraction of sp³-hybridized carbons (Fsp3) is 0.0656. The SMILES string of the molecule is CC1(C)c2ccccc2-c2c(-c3nc(-c4cccc(-n5c6ccccc6c6ccccc65)c4)nc(-c4cccc5c4-c4ccccc4C54c5ccccc5-c5ccccc54)n3)cccc21. The average Bonchev–Trinajstić information content (AvgIpc) is 4.04. The summed E-state index contributed by atoms with van der Waals surface area (Å²) in [6, 6.07) is 75.1. The molecule has 65 heavy (non-hydrogen) atoms. The van der Waals surface area contributed by atoms with Crippen molar-refractivity contribution in [2.75, 3.05) is 0 Å². The molecule has 0 amide bonds. The summed E-state index contributed by atoms with van der Waals surface area (Å²) in [4.78, 5) is 16.6. The molecule has 0 bridgehead atoms. The van der Waals surface area contributed by atoms with Crippen LogP contribution in [0.2, 0.25) is 0 Å². The van der Waals surface area contributed by atoms with Crippen LogP contribution in [-0.4, -0.2) is 19.5 Å². The van der Waals surface area contributed by atoms with Gasteiger partial charge < -0.3 is 4.57 Å². The van der Waals surface area contributed by atoms with Crippen LogP contribution in [0.5, 0.6) is 0 Å². The molecule has 0 atom stereocenters. The predicted octanol–water partition coefficient (Wildman–Crippen LogP) is 14.6. The highest BCUT2D eigenvalue weighted by Crippen LogP contribution is 2.64. The van der Waals surface area contributed by atoms with Crippen molar-refractivity contribution >= 4 is 21.8 Å². The molecule has 2 heterocycles. The third kappa shape index (κ3) is 4.78. The lowest BCUT2D eigenvalue weighted by Gasteiger charge is -2.30. The lowest BCUT2D eigenvalue weighted by atomic mass is 9.70. The topological polar surface area (TPSA) is 43.6 Å². The summed E-state index contributed by atoms with van der Waals surface area (Å²) in [5.41, 5.74) is 20.7. The summed E-state index contributed by atoms with van der Waals surface area (Å²) >= 11 is 0. The van der Waals surface area contributed by atoms with Gasteiger partial charge in [-0.3, -0.25) is 0 Å². The first-order valence-corrected chi connectivity index (χ1v) is 22.5. The first kappa shape index (κ1) is 36.3. The highest BCUT2D eigenvalue weighted by atomic mass is 15.0. The van der Waals surface area contributed by atoms with E-state index >= 15 is 0 Å². The van der Waals surface area contributed by atoms with Gasteiger partial charge in [0, 0.05) is 38.6 Å². The summed E-state index contributed by atoms with van der Waals surface area (Å²) in [5.74, 6) is 1.94. The molecule has 11 aromatic rings. The second-order valence-electron chi connectivity index (χ2n) is 18.2. The van der Waals surface area contributed by atoms with Crippen LogP contribution in [0.1, 0.15) is 47.2 Å². The molecule has 0 fully saturated rings. The van der Waals surface area contributed by atoms with Crippen molar-refractivity contribution in [3.8, 4) is 73.2 Å². The van der Waals surface area contributed by atoms with E-state index in [1.807, 2.05) is 0 Å². The maximum atomic E-state index is 5.58. The molecule has 14 rings (SSSR count). The Hall–Kier alpha value is -8.21. The largest absolute Gasteiger partial charge is 0.309 e. The van der Waals surface area contributed by atoms with Gasteiger partial charge in [-0.05, 0) is 91.0 Å². The van der Waals surface area contributed by atoms with Crippen molar-refractivity contribution in [1.82, 2.24) is 19.5 Å². The van der Waals surface area contributed by atoms with E-state index in [2.05, 4.69) is 225 Å². The van der Waals surface area contributed by atoms with E-state index in [9.17, 15) is 0 Å². The Labute approximate surface area is 377 Å². The molecule has 3 aliphatic carbocycles. The van der Waals surface area contributed by atoms with Gasteiger partial charge >= 0.3 is 0 Å². The van der Waals surface area contributed by atoms with Gasteiger partial charge in [-0.1, -0.05) is 196 Å². The molecule has 0 N–H and O–H groups in total. The van der Waals surface area contributed by atoms with Crippen LogP contribution in [0.4, 0.5) is 0 Å². The average molecular weight is 829 g/mol. The van der Waals surface area contributed by atoms with Crippen molar-refractivity contribution in [2.45, 2.75) is 24.7 Å². The lowest BCUT2D eigenvalue weighted by Crippen LogP contribution is -2.25. The van der Waals surface area contributed by atoms with Crippen molar-refractivity contribution in [1.29, 1.82) is 0 Å². The maximum Gasteiger partial charge on any atom is 0.164 e. The molecule has 0 aliphatic heterocycles. The number of hydrogen-bond donors (Lipinski definition) is 0. The van der Waals surface area contributed by atoms with Crippen LogP contribution in [0.15, 0.2) is 206 Å². The van der Waals surface area contributed by atoms with E-state index in [-0.39, 0.29) is 5.41 Å². The van der Waals surface area contributed by atoms with E-state index in [4.69, 9.17) is 15.0 Å². The number of benzene rings is 9. The normalized spacial score (nSPS) is 14.2. The van der Waals surface area contributed by atoms with Crippen molar-refractivity contribution in [2.24, 2.45) is 0 Å². The molecule has 2 aromatic heterocycles. The summed E-state index contributed by atoms with van der Waals surface area (Å²) in [6.07, 6.45) is 0. The quantitative estimate of drug-likeness (QED) is 0.177. The monoisotopic (exact) mass is 828 g/mol. The van der Waals surface area contributed by atoms with Crippen molar-refractivity contribution in [3.63, 3.8) is 0 Å². The fourth-order valence-corrected chi connectivity index (χ4v) is 12.0. The van der Waals surface area contributed by atoms with Crippen LogP contribution in [0.3, 0.4) is 0 Å². The van der Waals surface area contributed by atoms with Crippen LogP contribution in [-0.2, 0) is 10.8 Å². The number of para-hydroxylation sites is 2. The van der Waals surface area contributed by atoms with Gasteiger partial charge in [-0.2, -0.15) is 0 Å². The van der Waals surface area contributed by atoms with Crippen molar-refractivity contribution in [3.05, 3.63) is 240 Å². The Balaban J connectivity index is 1.04. The summed E-state index contributed by atoms with van der Waals surface area (Å²) in [7, 11) is 0. The Morgan fingerprint density at radius 3 is 1.37 bits per heavy atom. The number of aromatic nitrogens is 4. The minimum absolute atomic E-state index is 0.177. The number of hydrogen-bond acceptors (Lipinski definition) is 3. The Bertz CT molecular complexity index is 3730. The standard InChI is InChI=1S/C61H40N4/c1-60(2)47-28-9-5-24-43(47)55-45(26-16-32-51(55)60)58-62-57(37-18-15-19-38(36-37)65-53-34-13-7-22-41(53)42-23-8-14-35-54(42)65)63-59(64-58)46-27-17-33-52-56(46)44-25-6-12-31-50(44)61(52)48-29-10-3-20-39(48)40-21-4-11-30-49(40)61/h3-36H,1-2H3. The molecule has 0 saturated heterocycles. The molecule has 0 saturated carbocycles. The zero-order valence-corrected chi connectivity index (χ0v) is 35.9. The summed E-state index contributed by atoms with van der Waals surface area (Å²) in [5, 5.41) is 2.45. The lowest BCUT2D eigenvalue weighted by molar-refractivity contribution is 0.660. The molecular weight excluding hydrogens is 789 g/mol. The molecule has 0 unspecified atom stereocenters. The zero-order valence-electron chi connectivity index (χ0n) is 35.9. The minimum atomic E-state index is -0.486. The molecular formula is C61H40N4. The van der Waals surface area contributed by atoms with E-state index in [1.54, 1.807) is 0 Å². The van der Waals surface area contributed by atoms with E-state index in [0.29, 0.717) is 17.5 Å². The highest BCUT2D eigenvalue weighted by Gasteiger charge is 2.52. The minimum Gasteiger partial charge on any atom is -0.309 e. The van der Waals surface area contributed by atoms with Crippen LogP contribution >= 0.6 is 0 Å². The van der Waals surface area contributed by atoms with Gasteiger partial charge in [0.2, 0.25) is 0 Å². The summed E-state index contributed by atoms with van der Waals surface area (Å²) < 4.78 is 2.36. The smallest absolute Gasteiger partial charge is 0.164 e. The van der Waals surface area contributed by atoms with Crippen LogP contribution in [0.25, 0.3) is 95.0 Å². The predicted molar refractivity (Wildman–Crippen MR) is 264 cm³/mol. The Morgan fingerprint density at radius 2 is 0.754 bits per heavy atom. The fourth-order valence-electron chi connectivity index (χ4n) is 12.0. The zero-order chi connectivity index (χ0) is 43.0. The van der Waals surface area contributed by atoms with E-state index in [0.717, 1.165) is 33.4 Å². The third-order valence-corrected chi connectivity index (χ3v) is 14.7. The molecule has 4 heteroatoms. The number of fused-ring (bicyclic) bond motifs is 16. The molecule has 9 aromatic carbocycles. The first-order valence-electron chi connectivity index (χ1n) is 22.5. The number of nitrogens with zero attached hydrogens (tertiary/aromatic N) is 4. The van der Waals surface area contributed by atoms with Gasteiger partial charge in [-0.25, -0.2) is 15.0 Å². The molecule has 3 aliphatic rings. The summed E-state index contributed by atoms with van der Waals surface area (Å²) in [6.45, 7) is 4.65. The second-order valence-corrected chi connectivity index (χ2v) is 18.2. The van der Waals surface area contributed by atoms with Gasteiger partial charge in [0.1, 0.15) is 0 Å². The molecule has 1 spiro atoms. The number of rotatable bonds is 4. The maximum absolute atomic E-state index is 5.58. The molecule has 304 valence electrons. The van der Waals surface area contributed by atoms with Gasteiger partial charge in [0.05, 0.1) is 16.4 Å². The third-order valence-electron chi connectivity index (χ3n) is 14.7. The van der Waals surface area contributed by atoms with Gasteiger partial charge in [0.25, 0.3) is 0 Å². The second kappa shape index (κ2) is 13.2.